The number of rotatable bonds is 3. The third kappa shape index (κ3) is 4.26. The lowest BCUT2D eigenvalue weighted by Gasteiger charge is -2.02. The molecule has 80 valence electrons. The van der Waals surface area contributed by atoms with Crippen LogP contribution in [0.5, 0.6) is 0 Å². The van der Waals surface area contributed by atoms with Crippen molar-refractivity contribution in [1.29, 1.82) is 0 Å². The van der Waals surface area contributed by atoms with Gasteiger partial charge in [0.1, 0.15) is 5.15 Å². The van der Waals surface area contributed by atoms with Crippen LogP contribution in [-0.4, -0.2) is 23.3 Å². The molecule has 3 nitrogen and oxygen atoms in total. The van der Waals surface area contributed by atoms with Gasteiger partial charge in [0.15, 0.2) is 5.16 Å². The monoisotopic (exact) mass is 233 g/mol. The van der Waals surface area contributed by atoms with Gasteiger partial charge in [-0.25, -0.2) is 9.97 Å². The van der Waals surface area contributed by atoms with Crippen LogP contribution in [0.4, 0.5) is 0 Å². The zero-order valence-corrected chi connectivity index (χ0v) is 10.5. The maximum absolute atomic E-state index is 5.88. The van der Waals surface area contributed by atoms with Crippen LogP contribution in [-0.2, 0) is 6.54 Å². The number of hydrogen-bond donors (Lipinski definition) is 1. The van der Waals surface area contributed by atoms with Crippen molar-refractivity contribution in [2.75, 3.05) is 13.3 Å². The van der Waals surface area contributed by atoms with Crippen molar-refractivity contribution < 1.29 is 0 Å². The number of halogens is 1. The Morgan fingerprint density at radius 1 is 1.50 bits per heavy atom. The van der Waals surface area contributed by atoms with E-state index in [9.17, 15) is 0 Å². The Hall–Kier alpha value is -0.320. The largest absolute Gasteiger partial charge is 0.316 e. The first kappa shape index (κ1) is 13.7. The quantitative estimate of drug-likeness (QED) is 0.495. The average molecular weight is 234 g/mol. The normalized spacial score (nSPS) is 9.21. The molecule has 1 aromatic rings. The summed E-state index contributed by atoms with van der Waals surface area (Å²) in [4.78, 5) is 8.19. The van der Waals surface area contributed by atoms with E-state index in [-0.39, 0.29) is 0 Å². The lowest BCUT2D eigenvalue weighted by atomic mass is 10.3. The molecule has 0 spiro atoms. The van der Waals surface area contributed by atoms with E-state index >= 15 is 0 Å². The average Bonchev–Trinajstić information content (AvgIpc) is 2.24. The second-order valence-corrected chi connectivity index (χ2v) is 3.33. The van der Waals surface area contributed by atoms with Crippen LogP contribution in [0.25, 0.3) is 0 Å². The molecule has 1 N–H and O–H groups in total. The van der Waals surface area contributed by atoms with Crippen molar-refractivity contribution in [3.8, 4) is 0 Å². The predicted octanol–water partition coefficient (Wildman–Crippen LogP) is 2.60. The number of hydrogen-bond acceptors (Lipinski definition) is 4. The van der Waals surface area contributed by atoms with Crippen molar-refractivity contribution in [3.05, 3.63) is 16.9 Å². The molecule has 0 saturated carbocycles. The number of aromatic nitrogens is 2. The zero-order valence-electron chi connectivity index (χ0n) is 8.97. The van der Waals surface area contributed by atoms with Crippen LogP contribution in [0.1, 0.15) is 19.4 Å². The van der Waals surface area contributed by atoms with Crippen LogP contribution in [0, 0.1) is 0 Å². The summed E-state index contributed by atoms with van der Waals surface area (Å²) in [5.41, 5.74) is 0.928. The van der Waals surface area contributed by atoms with E-state index in [1.807, 2.05) is 27.2 Å². The van der Waals surface area contributed by atoms with Crippen LogP contribution in [0.2, 0.25) is 5.15 Å². The molecule has 0 bridgehead atoms. The molecule has 0 atom stereocenters. The maximum atomic E-state index is 5.88. The minimum atomic E-state index is 0.531. The van der Waals surface area contributed by atoms with Crippen LogP contribution >= 0.6 is 23.4 Å². The molecule has 0 aliphatic carbocycles. The van der Waals surface area contributed by atoms with Crippen LogP contribution < -0.4 is 5.32 Å². The Labute approximate surface area is 94.7 Å². The molecule has 0 amide bonds. The highest BCUT2D eigenvalue weighted by Crippen LogP contribution is 2.15. The van der Waals surface area contributed by atoms with E-state index in [1.54, 1.807) is 6.20 Å². The fraction of sp³-hybridized carbons (Fsp3) is 0.556. The zero-order chi connectivity index (χ0) is 11.0. The van der Waals surface area contributed by atoms with Crippen molar-refractivity contribution in [3.63, 3.8) is 0 Å². The molecule has 5 heteroatoms. The van der Waals surface area contributed by atoms with Gasteiger partial charge in [-0.15, -0.1) is 0 Å². The van der Waals surface area contributed by atoms with Gasteiger partial charge in [0.2, 0.25) is 0 Å². The lowest BCUT2D eigenvalue weighted by Crippen LogP contribution is -2.07. The summed E-state index contributed by atoms with van der Waals surface area (Å²) in [7, 11) is 1.86. The molecule has 0 fully saturated rings. The Morgan fingerprint density at radius 2 is 2.14 bits per heavy atom. The predicted molar refractivity (Wildman–Crippen MR) is 62.9 cm³/mol. The summed E-state index contributed by atoms with van der Waals surface area (Å²) in [5.74, 6) is 0. The minimum Gasteiger partial charge on any atom is -0.316 e. The summed E-state index contributed by atoms with van der Waals surface area (Å²) >= 11 is 7.37. The molecular weight excluding hydrogens is 218 g/mol. The highest BCUT2D eigenvalue weighted by molar-refractivity contribution is 7.98. The molecule has 0 aliphatic rings. The van der Waals surface area contributed by atoms with E-state index in [4.69, 9.17) is 11.6 Å². The molecule has 1 rings (SSSR count). The van der Waals surface area contributed by atoms with E-state index in [2.05, 4.69) is 15.3 Å². The molecule has 0 saturated heterocycles. The first-order valence-corrected chi connectivity index (χ1v) is 6.08. The molecule has 1 heterocycles. The van der Waals surface area contributed by atoms with Crippen molar-refractivity contribution in [2.45, 2.75) is 25.5 Å². The van der Waals surface area contributed by atoms with Crippen molar-refractivity contribution >= 4 is 23.4 Å². The molecule has 0 aromatic carbocycles. The van der Waals surface area contributed by atoms with Gasteiger partial charge in [0.05, 0.1) is 0 Å². The second kappa shape index (κ2) is 8.03. The minimum absolute atomic E-state index is 0.531. The van der Waals surface area contributed by atoms with E-state index in [0.717, 1.165) is 5.56 Å². The van der Waals surface area contributed by atoms with E-state index < -0.39 is 0 Å². The third-order valence-corrected chi connectivity index (χ3v) is 2.23. The Morgan fingerprint density at radius 3 is 2.57 bits per heavy atom. The number of thioether (sulfide) groups is 1. The lowest BCUT2D eigenvalue weighted by molar-refractivity contribution is 0.794. The summed E-state index contributed by atoms with van der Waals surface area (Å²) in [6.07, 6.45) is 3.67. The summed E-state index contributed by atoms with van der Waals surface area (Å²) in [6, 6.07) is 0. The molecule has 14 heavy (non-hydrogen) atoms. The Bertz CT molecular complexity index is 268. The molecule has 0 unspecified atom stereocenters. The van der Waals surface area contributed by atoms with Crippen molar-refractivity contribution in [2.24, 2.45) is 0 Å². The first-order chi connectivity index (χ1) is 6.77. The van der Waals surface area contributed by atoms with E-state index in [0.29, 0.717) is 16.9 Å². The fourth-order valence-electron chi connectivity index (χ4n) is 0.778. The van der Waals surface area contributed by atoms with Gasteiger partial charge < -0.3 is 5.32 Å². The summed E-state index contributed by atoms with van der Waals surface area (Å²) in [5, 5.41) is 4.23. The topological polar surface area (TPSA) is 37.8 Å². The number of nitrogens with zero attached hydrogens (tertiary/aromatic N) is 2. The number of nitrogens with one attached hydrogen (secondary N) is 1. The smallest absolute Gasteiger partial charge is 0.188 e. The second-order valence-electron chi connectivity index (χ2n) is 2.20. The van der Waals surface area contributed by atoms with Gasteiger partial charge in [0.25, 0.3) is 0 Å². The van der Waals surface area contributed by atoms with Gasteiger partial charge in [-0.1, -0.05) is 37.2 Å². The molecule has 0 radical (unpaired) electrons. The third-order valence-electron chi connectivity index (χ3n) is 1.34. The SMILES string of the molecule is CC.CNCc1cnc(SC)nc1Cl. The van der Waals surface area contributed by atoms with Gasteiger partial charge in [-0.05, 0) is 13.3 Å². The van der Waals surface area contributed by atoms with Gasteiger partial charge >= 0.3 is 0 Å². The summed E-state index contributed by atoms with van der Waals surface area (Å²) in [6.45, 7) is 4.70. The highest BCUT2D eigenvalue weighted by atomic mass is 35.5. The van der Waals surface area contributed by atoms with Gasteiger partial charge in [0, 0.05) is 18.3 Å². The Kier molecular flexibility index (Phi) is 7.84. The van der Waals surface area contributed by atoms with E-state index in [1.165, 1.54) is 11.8 Å². The van der Waals surface area contributed by atoms with Gasteiger partial charge in [-0.3, -0.25) is 0 Å². The summed E-state index contributed by atoms with van der Waals surface area (Å²) < 4.78 is 0. The fourth-order valence-corrected chi connectivity index (χ4v) is 1.36. The van der Waals surface area contributed by atoms with Crippen molar-refractivity contribution in [1.82, 2.24) is 15.3 Å². The highest BCUT2D eigenvalue weighted by Gasteiger charge is 2.02. The Balaban J connectivity index is 0.000000791. The maximum Gasteiger partial charge on any atom is 0.188 e. The molecule has 1 aromatic heterocycles. The van der Waals surface area contributed by atoms with Crippen LogP contribution in [0.15, 0.2) is 11.4 Å². The molecule has 0 aliphatic heterocycles. The first-order valence-electron chi connectivity index (χ1n) is 4.48. The standard InChI is InChI=1S/C7H10ClN3S.C2H6/c1-9-3-5-4-10-7(12-2)11-6(5)8;1-2/h4,9H,3H2,1-2H3;1-2H3. The van der Waals surface area contributed by atoms with Gasteiger partial charge in [-0.2, -0.15) is 0 Å². The molecular formula is C9H16ClN3S. The van der Waals surface area contributed by atoms with Crippen LogP contribution in [0.3, 0.4) is 0 Å².